The van der Waals surface area contributed by atoms with Crippen LogP contribution in [0.25, 0.3) is 0 Å². The number of aliphatic hydroxyl groups is 1. The van der Waals surface area contributed by atoms with Gasteiger partial charge in [-0.2, -0.15) is 0 Å². The van der Waals surface area contributed by atoms with Gasteiger partial charge in [-0.05, 0) is 45.4 Å². The van der Waals surface area contributed by atoms with Crippen LogP contribution in [-0.4, -0.2) is 26.1 Å². The van der Waals surface area contributed by atoms with Crippen molar-refractivity contribution < 1.29 is 18.8 Å². The Morgan fingerprint density at radius 3 is 2.12 bits per heavy atom. The zero-order valence-corrected chi connectivity index (χ0v) is 15.7. The molecule has 0 aromatic heterocycles. The third-order valence-electron chi connectivity index (χ3n) is 3.55. The fourth-order valence-corrected chi connectivity index (χ4v) is 3.65. The Morgan fingerprint density at radius 1 is 1.04 bits per heavy atom. The molecule has 2 aromatic carbocycles. The van der Waals surface area contributed by atoms with Gasteiger partial charge in [-0.3, -0.25) is 9.00 Å². The highest BCUT2D eigenvalue weighted by Crippen LogP contribution is 2.27. The van der Waals surface area contributed by atoms with E-state index < -0.39 is 33.7 Å². The van der Waals surface area contributed by atoms with E-state index in [0.29, 0.717) is 10.5 Å². The quantitative estimate of drug-likeness (QED) is 0.828. The number of esters is 1. The lowest BCUT2D eigenvalue weighted by Gasteiger charge is -2.26. The van der Waals surface area contributed by atoms with Gasteiger partial charge in [-0.1, -0.05) is 48.0 Å². The molecule has 0 bridgehead atoms. The maximum absolute atomic E-state index is 13.0. The predicted molar refractivity (Wildman–Crippen MR) is 98.6 cm³/mol. The summed E-state index contributed by atoms with van der Waals surface area (Å²) in [5.74, 6) is -0.678. The summed E-state index contributed by atoms with van der Waals surface area (Å²) in [6.45, 7) is 7.15. The van der Waals surface area contributed by atoms with Gasteiger partial charge in [-0.25, -0.2) is 0 Å². The number of hydrogen-bond donors (Lipinski definition) is 1. The zero-order valence-electron chi connectivity index (χ0n) is 14.9. The van der Waals surface area contributed by atoms with Gasteiger partial charge in [0.1, 0.15) is 11.7 Å². The molecular weight excluding hydrogens is 336 g/mol. The van der Waals surface area contributed by atoms with Crippen LogP contribution in [0.4, 0.5) is 0 Å². The lowest BCUT2D eigenvalue weighted by Crippen LogP contribution is -2.38. The summed E-state index contributed by atoms with van der Waals surface area (Å²) in [5, 5.41) is 9.54. The lowest BCUT2D eigenvalue weighted by molar-refractivity contribution is -0.156. The van der Waals surface area contributed by atoms with E-state index in [-0.39, 0.29) is 0 Å². The van der Waals surface area contributed by atoms with Crippen LogP contribution in [0, 0.1) is 6.92 Å². The molecule has 0 aliphatic heterocycles. The van der Waals surface area contributed by atoms with Crippen molar-refractivity contribution in [3.05, 3.63) is 65.7 Å². The van der Waals surface area contributed by atoms with Crippen LogP contribution < -0.4 is 0 Å². The first-order valence-corrected chi connectivity index (χ1v) is 9.33. The second kappa shape index (κ2) is 7.93. The molecule has 25 heavy (non-hydrogen) atoms. The molecule has 2 rings (SSSR count). The predicted octanol–water partition coefficient (Wildman–Crippen LogP) is 3.55. The molecule has 1 N–H and O–H groups in total. The van der Waals surface area contributed by atoms with Crippen LogP contribution in [0.3, 0.4) is 0 Å². The maximum atomic E-state index is 13.0. The number of carbonyl (C=O) groups excluding carboxylic acids is 1. The summed E-state index contributed by atoms with van der Waals surface area (Å²) in [6.07, 6.45) is -1.22. The fourth-order valence-electron chi connectivity index (χ4n) is 2.34. The van der Waals surface area contributed by atoms with Crippen molar-refractivity contribution in [2.24, 2.45) is 0 Å². The average Bonchev–Trinajstić information content (AvgIpc) is 2.54. The van der Waals surface area contributed by atoms with Gasteiger partial charge in [0.15, 0.2) is 5.25 Å². The summed E-state index contributed by atoms with van der Waals surface area (Å²) >= 11 is 0. The molecule has 0 radical (unpaired) electrons. The Hall–Kier alpha value is -1.98. The Labute approximate surface area is 151 Å². The second-order valence-corrected chi connectivity index (χ2v) is 8.49. The smallest absolute Gasteiger partial charge is 0.325 e. The van der Waals surface area contributed by atoms with Crippen molar-refractivity contribution >= 4 is 16.8 Å². The summed E-state index contributed by atoms with van der Waals surface area (Å²) in [4.78, 5) is 13.2. The Balaban J connectivity index is 2.39. The van der Waals surface area contributed by atoms with E-state index in [1.54, 1.807) is 57.2 Å². The minimum Gasteiger partial charge on any atom is -0.459 e. The van der Waals surface area contributed by atoms with Gasteiger partial charge in [0.2, 0.25) is 0 Å². The van der Waals surface area contributed by atoms with Crippen LogP contribution in [0.1, 0.15) is 38.0 Å². The van der Waals surface area contributed by atoms with Crippen molar-refractivity contribution in [2.45, 2.75) is 49.5 Å². The van der Waals surface area contributed by atoms with E-state index in [9.17, 15) is 14.1 Å². The SMILES string of the molecule is Cc1ccc([S@@](=O)[C@H](C(=O)OC(C)(C)C)[C@@H](O)c2ccccc2)cc1. The van der Waals surface area contributed by atoms with Crippen molar-refractivity contribution in [3.63, 3.8) is 0 Å². The van der Waals surface area contributed by atoms with Crippen molar-refractivity contribution in [2.75, 3.05) is 0 Å². The van der Waals surface area contributed by atoms with E-state index in [2.05, 4.69) is 0 Å². The zero-order chi connectivity index (χ0) is 18.6. The lowest BCUT2D eigenvalue weighted by atomic mass is 10.1. The van der Waals surface area contributed by atoms with Gasteiger partial charge >= 0.3 is 5.97 Å². The number of rotatable bonds is 5. The molecule has 0 amide bonds. The van der Waals surface area contributed by atoms with Crippen molar-refractivity contribution in [3.8, 4) is 0 Å². The average molecular weight is 360 g/mol. The van der Waals surface area contributed by atoms with Crippen LogP contribution in [0.5, 0.6) is 0 Å². The summed E-state index contributed by atoms with van der Waals surface area (Å²) in [7, 11) is -1.75. The minimum absolute atomic E-state index is 0.483. The molecule has 0 fully saturated rings. The van der Waals surface area contributed by atoms with Crippen LogP contribution in [-0.2, 0) is 20.3 Å². The van der Waals surface area contributed by atoms with Crippen LogP contribution >= 0.6 is 0 Å². The van der Waals surface area contributed by atoms with Crippen molar-refractivity contribution in [1.82, 2.24) is 0 Å². The number of aryl methyl sites for hydroxylation is 1. The van der Waals surface area contributed by atoms with E-state index >= 15 is 0 Å². The Morgan fingerprint density at radius 2 is 1.60 bits per heavy atom. The highest BCUT2D eigenvalue weighted by atomic mass is 32.2. The largest absolute Gasteiger partial charge is 0.459 e. The molecule has 134 valence electrons. The standard InChI is InChI=1S/C20H24O4S/c1-14-10-12-16(13-11-14)25(23)18(19(22)24-20(2,3)4)17(21)15-8-6-5-7-9-15/h5-13,17-18,21H,1-4H3/t17-,18-,25+/m0/s1. The highest BCUT2D eigenvalue weighted by Gasteiger charge is 2.37. The first kappa shape index (κ1) is 19.3. The molecular formula is C20H24O4S. The topological polar surface area (TPSA) is 63.6 Å². The Bertz CT molecular complexity index is 733. The number of ether oxygens (including phenoxy) is 1. The van der Waals surface area contributed by atoms with Crippen LogP contribution in [0.2, 0.25) is 0 Å². The number of carbonyl (C=O) groups is 1. The monoisotopic (exact) mass is 360 g/mol. The van der Waals surface area contributed by atoms with Crippen LogP contribution in [0.15, 0.2) is 59.5 Å². The summed E-state index contributed by atoms with van der Waals surface area (Å²) in [6, 6.07) is 15.8. The van der Waals surface area contributed by atoms with Crippen molar-refractivity contribution in [1.29, 1.82) is 0 Å². The molecule has 0 unspecified atom stereocenters. The maximum Gasteiger partial charge on any atom is 0.325 e. The molecule has 0 spiro atoms. The van der Waals surface area contributed by atoms with E-state index in [1.165, 1.54) is 0 Å². The third-order valence-corrected chi connectivity index (χ3v) is 5.20. The number of aliphatic hydroxyl groups excluding tert-OH is 1. The molecule has 0 aliphatic rings. The van der Waals surface area contributed by atoms with E-state index in [1.807, 2.05) is 25.1 Å². The molecule has 0 saturated carbocycles. The molecule has 3 atom stereocenters. The molecule has 0 aliphatic carbocycles. The van der Waals surface area contributed by atoms with Gasteiger partial charge in [0, 0.05) is 4.90 Å². The number of benzene rings is 2. The van der Waals surface area contributed by atoms with E-state index in [4.69, 9.17) is 4.74 Å². The van der Waals surface area contributed by atoms with Gasteiger partial charge < -0.3 is 9.84 Å². The highest BCUT2D eigenvalue weighted by molar-refractivity contribution is 7.86. The number of hydrogen-bond acceptors (Lipinski definition) is 4. The molecule has 4 nitrogen and oxygen atoms in total. The van der Waals surface area contributed by atoms with E-state index in [0.717, 1.165) is 5.56 Å². The summed E-state index contributed by atoms with van der Waals surface area (Å²) in [5.41, 5.74) is 0.820. The fraction of sp³-hybridized carbons (Fsp3) is 0.350. The normalized spacial score (nSPS) is 15.2. The Kier molecular flexibility index (Phi) is 6.14. The molecule has 0 heterocycles. The summed E-state index contributed by atoms with van der Waals surface area (Å²) < 4.78 is 18.5. The molecule has 0 saturated heterocycles. The van der Waals surface area contributed by atoms with Gasteiger partial charge in [0.25, 0.3) is 0 Å². The van der Waals surface area contributed by atoms with Gasteiger partial charge in [0.05, 0.1) is 10.8 Å². The molecule has 5 heteroatoms. The third kappa shape index (κ3) is 5.25. The first-order chi connectivity index (χ1) is 11.7. The first-order valence-electron chi connectivity index (χ1n) is 8.12. The minimum atomic E-state index is -1.75. The van der Waals surface area contributed by atoms with Gasteiger partial charge in [-0.15, -0.1) is 0 Å². The molecule has 2 aromatic rings. The second-order valence-electron chi connectivity index (χ2n) is 6.92.